The van der Waals surface area contributed by atoms with E-state index in [1.165, 1.54) is 11.8 Å². The number of hydrogen-bond acceptors (Lipinski definition) is 6. The van der Waals surface area contributed by atoms with E-state index >= 15 is 0 Å². The molecule has 0 spiro atoms. The Hall–Kier alpha value is -1.64. The van der Waals surface area contributed by atoms with Gasteiger partial charge in [0.05, 0.1) is 23.0 Å². The van der Waals surface area contributed by atoms with E-state index in [1.807, 2.05) is 39.8 Å². The molecule has 8 heteroatoms. The van der Waals surface area contributed by atoms with Crippen molar-refractivity contribution in [1.29, 1.82) is 0 Å². The molecule has 1 aliphatic heterocycles. The molecule has 0 atom stereocenters. The van der Waals surface area contributed by atoms with Crippen LogP contribution in [0, 0.1) is 0 Å². The smallest absolute Gasteiger partial charge is 0.400 e. The highest BCUT2D eigenvalue weighted by molar-refractivity contribution is 8.13. The van der Waals surface area contributed by atoms with Gasteiger partial charge in [0.2, 0.25) is 0 Å². The number of carbonyl (C=O) groups excluding carboxylic acids is 1. The molecule has 0 bridgehead atoms. The fourth-order valence-corrected chi connectivity index (χ4v) is 3.09. The van der Waals surface area contributed by atoms with Gasteiger partial charge < -0.3 is 14.3 Å². The Bertz CT molecular complexity index is 815. The van der Waals surface area contributed by atoms with Gasteiger partial charge in [0.15, 0.2) is 10.8 Å². The standard InChI is InChI=1S/C17H22BN3O3S/c1-11(22)25-9-13(18-23-16(2,3)17(4,5)24-18)6-12-7-14-15(19-8-12)21-10-20-14/h6-8,10H,9H2,1-5H3,(H,19,20,21). The van der Waals surface area contributed by atoms with Gasteiger partial charge in [0.25, 0.3) is 0 Å². The highest BCUT2D eigenvalue weighted by Gasteiger charge is 2.52. The second-order valence-corrected chi connectivity index (χ2v) is 8.28. The largest absolute Gasteiger partial charge is 0.491 e. The van der Waals surface area contributed by atoms with Crippen LogP contribution in [-0.2, 0) is 14.1 Å². The van der Waals surface area contributed by atoms with Crippen LogP contribution in [0.2, 0.25) is 0 Å². The van der Waals surface area contributed by atoms with Crippen LogP contribution in [0.15, 0.2) is 24.1 Å². The van der Waals surface area contributed by atoms with Crippen LogP contribution in [0.25, 0.3) is 17.2 Å². The molecule has 25 heavy (non-hydrogen) atoms. The summed E-state index contributed by atoms with van der Waals surface area (Å²) in [6.07, 6.45) is 5.35. The van der Waals surface area contributed by atoms with E-state index < -0.39 is 18.3 Å². The minimum atomic E-state index is -0.491. The predicted octanol–water partition coefficient (Wildman–Crippen LogP) is 3.25. The molecule has 0 unspecified atom stereocenters. The van der Waals surface area contributed by atoms with Gasteiger partial charge in [-0.1, -0.05) is 17.8 Å². The zero-order valence-electron chi connectivity index (χ0n) is 15.1. The van der Waals surface area contributed by atoms with Gasteiger partial charge in [-0.25, -0.2) is 9.97 Å². The highest BCUT2D eigenvalue weighted by Crippen LogP contribution is 2.39. The van der Waals surface area contributed by atoms with Gasteiger partial charge in [-0.05, 0) is 44.8 Å². The molecule has 0 amide bonds. The molecule has 0 aliphatic carbocycles. The molecule has 3 heterocycles. The lowest BCUT2D eigenvalue weighted by Gasteiger charge is -2.32. The second kappa shape index (κ2) is 6.59. The predicted molar refractivity (Wildman–Crippen MR) is 101 cm³/mol. The maximum Gasteiger partial charge on any atom is 0.491 e. The summed E-state index contributed by atoms with van der Waals surface area (Å²) in [5, 5.41) is 0.0598. The van der Waals surface area contributed by atoms with E-state index in [4.69, 9.17) is 9.31 Å². The van der Waals surface area contributed by atoms with E-state index in [0.29, 0.717) is 11.4 Å². The lowest BCUT2D eigenvalue weighted by molar-refractivity contribution is -0.109. The number of nitrogens with zero attached hydrogens (tertiary/aromatic N) is 2. The Balaban J connectivity index is 1.92. The molecular formula is C17H22BN3O3S. The van der Waals surface area contributed by atoms with Gasteiger partial charge >= 0.3 is 7.12 Å². The van der Waals surface area contributed by atoms with Gasteiger partial charge in [-0.15, -0.1) is 0 Å². The lowest BCUT2D eigenvalue weighted by atomic mass is 9.78. The van der Waals surface area contributed by atoms with E-state index in [9.17, 15) is 4.79 Å². The van der Waals surface area contributed by atoms with Crippen LogP contribution in [0.3, 0.4) is 0 Å². The number of carbonyl (C=O) groups is 1. The van der Waals surface area contributed by atoms with Crippen molar-refractivity contribution in [1.82, 2.24) is 15.0 Å². The first kappa shape index (κ1) is 18.2. The average molecular weight is 359 g/mol. The monoisotopic (exact) mass is 359 g/mol. The zero-order valence-corrected chi connectivity index (χ0v) is 15.9. The van der Waals surface area contributed by atoms with Gasteiger partial charge in [0.1, 0.15) is 0 Å². The average Bonchev–Trinajstić information content (AvgIpc) is 3.05. The Morgan fingerprint density at radius 1 is 1.28 bits per heavy atom. The summed E-state index contributed by atoms with van der Waals surface area (Å²) in [6.45, 7) is 9.62. The number of fused-ring (bicyclic) bond motifs is 1. The third-order valence-electron chi connectivity index (χ3n) is 4.64. The molecule has 1 saturated heterocycles. The van der Waals surface area contributed by atoms with Crippen molar-refractivity contribution >= 4 is 41.2 Å². The second-order valence-electron chi connectivity index (χ2n) is 7.13. The molecule has 2 aromatic rings. The summed E-state index contributed by atoms with van der Waals surface area (Å²) >= 11 is 1.24. The number of nitrogens with one attached hydrogen (secondary N) is 1. The topological polar surface area (TPSA) is 77.1 Å². The number of rotatable bonds is 4. The van der Waals surface area contributed by atoms with Crippen molar-refractivity contribution in [3.05, 3.63) is 29.6 Å². The molecule has 6 nitrogen and oxygen atoms in total. The third kappa shape index (κ3) is 3.81. The van der Waals surface area contributed by atoms with Crippen LogP contribution < -0.4 is 0 Å². The Morgan fingerprint density at radius 3 is 2.60 bits per heavy atom. The number of aromatic nitrogens is 3. The van der Waals surface area contributed by atoms with E-state index in [0.717, 1.165) is 16.6 Å². The Morgan fingerprint density at radius 2 is 1.96 bits per heavy atom. The summed E-state index contributed by atoms with van der Waals surface area (Å²) < 4.78 is 12.3. The first-order chi connectivity index (χ1) is 11.7. The molecule has 0 saturated carbocycles. The normalized spacial score (nSPS) is 19.6. The van der Waals surface area contributed by atoms with Crippen molar-refractivity contribution in [3.63, 3.8) is 0 Å². The van der Waals surface area contributed by atoms with Crippen LogP contribution in [0.5, 0.6) is 0 Å². The Kier molecular flexibility index (Phi) is 4.79. The summed E-state index contributed by atoms with van der Waals surface area (Å²) in [5.74, 6) is 0.507. The first-order valence-corrected chi connectivity index (χ1v) is 9.15. The molecule has 1 N–H and O–H groups in total. The van der Waals surface area contributed by atoms with Gasteiger partial charge in [-0.3, -0.25) is 4.79 Å². The fraction of sp³-hybridized carbons (Fsp3) is 0.471. The van der Waals surface area contributed by atoms with Gasteiger partial charge in [0, 0.05) is 18.9 Å². The molecule has 3 rings (SSSR count). The third-order valence-corrected chi connectivity index (χ3v) is 5.53. The lowest BCUT2D eigenvalue weighted by Crippen LogP contribution is -2.41. The number of H-pyrrole nitrogens is 1. The quantitative estimate of drug-likeness (QED) is 0.845. The summed E-state index contributed by atoms with van der Waals surface area (Å²) in [6, 6.07) is 1.97. The van der Waals surface area contributed by atoms with E-state index in [2.05, 4.69) is 15.0 Å². The van der Waals surface area contributed by atoms with Crippen molar-refractivity contribution in [2.45, 2.75) is 45.8 Å². The minimum absolute atomic E-state index is 0.0598. The Labute approximate surface area is 151 Å². The number of imidazole rings is 1. The highest BCUT2D eigenvalue weighted by atomic mass is 32.2. The van der Waals surface area contributed by atoms with Crippen molar-refractivity contribution in [2.75, 3.05) is 5.75 Å². The number of thioether (sulfide) groups is 1. The van der Waals surface area contributed by atoms with Crippen LogP contribution in [0.1, 0.15) is 40.2 Å². The van der Waals surface area contributed by atoms with Crippen LogP contribution >= 0.6 is 11.8 Å². The van der Waals surface area contributed by atoms with Crippen LogP contribution in [-0.4, -0.2) is 44.1 Å². The zero-order chi connectivity index (χ0) is 18.2. The van der Waals surface area contributed by atoms with Crippen LogP contribution in [0.4, 0.5) is 0 Å². The molecule has 0 aromatic carbocycles. The molecule has 2 aromatic heterocycles. The van der Waals surface area contributed by atoms with Crippen molar-refractivity contribution < 1.29 is 14.1 Å². The van der Waals surface area contributed by atoms with Crippen molar-refractivity contribution in [2.24, 2.45) is 0 Å². The first-order valence-electron chi connectivity index (χ1n) is 8.16. The molecule has 132 valence electrons. The maximum absolute atomic E-state index is 11.4. The fourth-order valence-electron chi connectivity index (χ4n) is 2.50. The number of pyridine rings is 1. The summed E-state index contributed by atoms with van der Waals surface area (Å²) in [7, 11) is -0.491. The van der Waals surface area contributed by atoms with E-state index in [1.54, 1.807) is 19.4 Å². The maximum atomic E-state index is 11.4. The van der Waals surface area contributed by atoms with Crippen molar-refractivity contribution in [3.8, 4) is 0 Å². The summed E-state index contributed by atoms with van der Waals surface area (Å²) in [4.78, 5) is 23.0. The number of hydrogen-bond donors (Lipinski definition) is 1. The number of aromatic amines is 1. The summed E-state index contributed by atoms with van der Waals surface area (Å²) in [5.41, 5.74) is 2.49. The van der Waals surface area contributed by atoms with E-state index in [-0.39, 0.29) is 5.12 Å². The minimum Gasteiger partial charge on any atom is -0.400 e. The SMILES string of the molecule is CC(=O)SCC(=Cc1cnc2nc[nH]c2c1)B1OC(C)(C)C(C)(C)O1. The molecule has 1 fully saturated rings. The molecule has 0 radical (unpaired) electrons. The molecule has 1 aliphatic rings. The van der Waals surface area contributed by atoms with Gasteiger partial charge in [-0.2, -0.15) is 0 Å². The molecular weight excluding hydrogens is 337 g/mol.